The average Bonchev–Trinajstić information content (AvgIpc) is 3.24. The highest BCUT2D eigenvalue weighted by Gasteiger charge is 2.16. The minimum Gasteiger partial charge on any atom is -0.333 e. The number of aromatic nitrogens is 3. The van der Waals surface area contributed by atoms with Gasteiger partial charge in [-0.2, -0.15) is 10.2 Å². The van der Waals surface area contributed by atoms with E-state index in [0.29, 0.717) is 22.2 Å². The molecule has 0 saturated heterocycles. The Morgan fingerprint density at radius 1 is 1.19 bits per heavy atom. The van der Waals surface area contributed by atoms with Crippen LogP contribution in [0.4, 0.5) is 0 Å². The van der Waals surface area contributed by atoms with Gasteiger partial charge in [0.1, 0.15) is 10.9 Å². The molecule has 0 N–H and O–H groups in total. The predicted molar refractivity (Wildman–Crippen MR) is 80.9 cm³/mol. The number of pyridine rings is 1. The fourth-order valence-electron chi connectivity index (χ4n) is 1.96. The summed E-state index contributed by atoms with van der Waals surface area (Å²) < 4.78 is 6.35. The Morgan fingerprint density at radius 2 is 2.10 bits per heavy atom. The summed E-state index contributed by atoms with van der Waals surface area (Å²) in [5, 5.41) is 16.9. The van der Waals surface area contributed by atoms with Crippen LogP contribution in [0.1, 0.15) is 5.56 Å². The van der Waals surface area contributed by atoms with Gasteiger partial charge in [-0.05, 0) is 29.0 Å². The van der Waals surface area contributed by atoms with E-state index < -0.39 is 0 Å². The second-order valence-electron chi connectivity index (χ2n) is 4.23. The zero-order valence-electron chi connectivity index (χ0n) is 10.5. The minimum absolute atomic E-state index is 0.364. The molecule has 5 nitrogen and oxygen atoms in total. The van der Waals surface area contributed by atoms with Crippen molar-refractivity contribution in [2.24, 2.45) is 0 Å². The van der Waals surface area contributed by atoms with E-state index in [-0.39, 0.29) is 0 Å². The van der Waals surface area contributed by atoms with Crippen LogP contribution in [-0.2, 0) is 0 Å². The lowest BCUT2D eigenvalue weighted by Crippen LogP contribution is -1.83. The van der Waals surface area contributed by atoms with Crippen molar-refractivity contribution < 1.29 is 4.52 Å². The molecule has 7 heteroatoms. The van der Waals surface area contributed by atoms with Gasteiger partial charge < -0.3 is 4.52 Å². The van der Waals surface area contributed by atoms with Crippen LogP contribution in [0.25, 0.3) is 32.4 Å². The van der Waals surface area contributed by atoms with E-state index in [4.69, 9.17) is 9.78 Å². The Morgan fingerprint density at radius 3 is 3.00 bits per heavy atom. The SMILES string of the molecule is N#Cc1ccsc1-c1nc(-c2cnc3ccsc3c2)no1. The van der Waals surface area contributed by atoms with Crippen LogP contribution in [0, 0.1) is 11.3 Å². The first-order chi connectivity index (χ1) is 10.3. The third kappa shape index (κ3) is 2.01. The van der Waals surface area contributed by atoms with Gasteiger partial charge in [0.2, 0.25) is 5.82 Å². The van der Waals surface area contributed by atoms with Gasteiger partial charge >= 0.3 is 0 Å². The second kappa shape index (κ2) is 4.77. The normalized spacial score (nSPS) is 10.8. The molecule has 4 aromatic rings. The van der Waals surface area contributed by atoms with Crippen LogP contribution < -0.4 is 0 Å². The van der Waals surface area contributed by atoms with Gasteiger partial charge in [0.15, 0.2) is 0 Å². The van der Waals surface area contributed by atoms with Gasteiger partial charge in [-0.1, -0.05) is 5.16 Å². The first kappa shape index (κ1) is 12.2. The summed E-state index contributed by atoms with van der Waals surface area (Å²) in [7, 11) is 0. The number of rotatable bonds is 2. The lowest BCUT2D eigenvalue weighted by Gasteiger charge is -1.93. The molecule has 0 saturated carbocycles. The molecule has 4 rings (SSSR count). The van der Waals surface area contributed by atoms with Crippen LogP contribution in [0.15, 0.2) is 39.7 Å². The molecule has 4 aromatic heterocycles. The standard InChI is InChI=1S/C14H6N4OS2/c15-6-8-1-3-21-12(8)14-17-13(18-19-14)9-5-11-10(16-7-9)2-4-20-11/h1-5,7H. The van der Waals surface area contributed by atoms with Crippen molar-refractivity contribution in [1.29, 1.82) is 5.26 Å². The molecule has 0 bridgehead atoms. The zero-order valence-corrected chi connectivity index (χ0v) is 12.1. The quantitative estimate of drug-likeness (QED) is 0.560. The number of hydrogen-bond donors (Lipinski definition) is 0. The van der Waals surface area contributed by atoms with Gasteiger partial charge in [-0.3, -0.25) is 4.98 Å². The van der Waals surface area contributed by atoms with E-state index in [1.54, 1.807) is 23.6 Å². The molecule has 100 valence electrons. The van der Waals surface area contributed by atoms with Gasteiger partial charge in [0.25, 0.3) is 5.89 Å². The number of hydrogen-bond acceptors (Lipinski definition) is 7. The first-order valence-electron chi connectivity index (χ1n) is 6.00. The maximum absolute atomic E-state index is 9.05. The van der Waals surface area contributed by atoms with Crippen molar-refractivity contribution in [3.63, 3.8) is 0 Å². The lowest BCUT2D eigenvalue weighted by atomic mass is 10.2. The highest BCUT2D eigenvalue weighted by molar-refractivity contribution is 7.17. The Kier molecular flexibility index (Phi) is 2.77. The summed E-state index contributed by atoms with van der Waals surface area (Å²) in [5.74, 6) is 0.841. The van der Waals surface area contributed by atoms with Crippen LogP contribution in [0.2, 0.25) is 0 Å². The smallest absolute Gasteiger partial charge is 0.269 e. The third-order valence-corrected chi connectivity index (χ3v) is 4.72. The molecular weight excluding hydrogens is 304 g/mol. The Hall–Kier alpha value is -2.56. The molecule has 0 aromatic carbocycles. The summed E-state index contributed by atoms with van der Waals surface area (Å²) in [6, 6.07) is 7.81. The Labute approximate surface area is 127 Å². The maximum Gasteiger partial charge on any atom is 0.269 e. The van der Waals surface area contributed by atoms with E-state index in [2.05, 4.69) is 21.2 Å². The molecule has 0 amide bonds. The van der Waals surface area contributed by atoms with Crippen LogP contribution in [0.5, 0.6) is 0 Å². The average molecular weight is 310 g/mol. The van der Waals surface area contributed by atoms with Crippen LogP contribution in [0.3, 0.4) is 0 Å². The van der Waals surface area contributed by atoms with E-state index in [9.17, 15) is 0 Å². The topological polar surface area (TPSA) is 75.6 Å². The van der Waals surface area contributed by atoms with Gasteiger partial charge in [0.05, 0.1) is 15.8 Å². The summed E-state index contributed by atoms with van der Waals surface area (Å²) in [6.45, 7) is 0. The summed E-state index contributed by atoms with van der Waals surface area (Å²) in [6.07, 6.45) is 1.73. The molecule has 0 aliphatic rings. The van der Waals surface area contributed by atoms with Crippen molar-refractivity contribution in [1.82, 2.24) is 15.1 Å². The van der Waals surface area contributed by atoms with E-state index >= 15 is 0 Å². The van der Waals surface area contributed by atoms with Gasteiger partial charge in [-0.25, -0.2) is 0 Å². The van der Waals surface area contributed by atoms with Gasteiger partial charge in [0, 0.05) is 11.8 Å². The van der Waals surface area contributed by atoms with Crippen LogP contribution >= 0.6 is 22.7 Å². The van der Waals surface area contributed by atoms with Crippen molar-refractivity contribution in [2.75, 3.05) is 0 Å². The van der Waals surface area contributed by atoms with Crippen molar-refractivity contribution in [3.05, 3.63) is 40.7 Å². The van der Waals surface area contributed by atoms with Gasteiger partial charge in [-0.15, -0.1) is 22.7 Å². The largest absolute Gasteiger partial charge is 0.333 e. The molecule has 21 heavy (non-hydrogen) atoms. The van der Waals surface area contributed by atoms with Crippen molar-refractivity contribution >= 4 is 32.9 Å². The zero-order chi connectivity index (χ0) is 14.2. The molecule has 0 unspecified atom stereocenters. The van der Waals surface area contributed by atoms with E-state index in [1.165, 1.54) is 11.3 Å². The second-order valence-corrected chi connectivity index (χ2v) is 6.09. The fourth-order valence-corrected chi connectivity index (χ4v) is 3.51. The molecule has 0 fully saturated rings. The first-order valence-corrected chi connectivity index (χ1v) is 7.76. The number of nitriles is 1. The lowest BCUT2D eigenvalue weighted by molar-refractivity contribution is 0.433. The monoisotopic (exact) mass is 310 g/mol. The van der Waals surface area contributed by atoms with Crippen molar-refractivity contribution in [3.8, 4) is 28.2 Å². The highest BCUT2D eigenvalue weighted by atomic mass is 32.1. The maximum atomic E-state index is 9.05. The summed E-state index contributed by atoms with van der Waals surface area (Å²) in [4.78, 5) is 9.43. The van der Waals surface area contributed by atoms with Crippen molar-refractivity contribution in [2.45, 2.75) is 0 Å². The molecular formula is C14H6N4OS2. The molecule has 0 radical (unpaired) electrons. The number of thiophene rings is 2. The molecule has 0 spiro atoms. The summed E-state index contributed by atoms with van der Waals surface area (Å²) >= 11 is 3.02. The van der Waals surface area contributed by atoms with E-state index in [1.807, 2.05) is 22.9 Å². The predicted octanol–water partition coefficient (Wildman–Crippen LogP) is 3.95. The Balaban J connectivity index is 1.79. The van der Waals surface area contributed by atoms with E-state index in [0.717, 1.165) is 15.8 Å². The fraction of sp³-hybridized carbons (Fsp3) is 0. The number of nitrogens with zero attached hydrogens (tertiary/aromatic N) is 4. The number of fused-ring (bicyclic) bond motifs is 1. The molecule has 0 atom stereocenters. The molecule has 0 aliphatic carbocycles. The Bertz CT molecular complexity index is 976. The third-order valence-electron chi connectivity index (χ3n) is 2.97. The minimum atomic E-state index is 0.364. The molecule has 0 aliphatic heterocycles. The molecule has 4 heterocycles. The van der Waals surface area contributed by atoms with Crippen LogP contribution in [-0.4, -0.2) is 15.1 Å². The summed E-state index contributed by atoms with van der Waals surface area (Å²) in [5.41, 5.74) is 2.30. The highest BCUT2D eigenvalue weighted by Crippen LogP contribution is 2.30.